The second-order valence-electron chi connectivity index (χ2n) is 7.26. The highest BCUT2D eigenvalue weighted by atomic mass is 16.5. The van der Waals surface area contributed by atoms with E-state index in [0.29, 0.717) is 17.1 Å². The third kappa shape index (κ3) is 3.80. The number of carbonyl (C=O) groups excluding carboxylic acids is 2. The molecule has 1 atom stereocenters. The molecule has 7 nitrogen and oxygen atoms in total. The zero-order chi connectivity index (χ0) is 22.7. The van der Waals surface area contributed by atoms with Crippen LogP contribution in [0.25, 0.3) is 5.76 Å². The molecule has 1 amide bonds. The number of aliphatic hydroxyl groups is 1. The van der Waals surface area contributed by atoms with Crippen LogP contribution in [0.2, 0.25) is 0 Å². The van der Waals surface area contributed by atoms with Crippen LogP contribution >= 0.6 is 0 Å². The fourth-order valence-corrected chi connectivity index (χ4v) is 3.85. The summed E-state index contributed by atoms with van der Waals surface area (Å²) in [6, 6.07) is 16.9. The van der Waals surface area contributed by atoms with Gasteiger partial charge in [0.2, 0.25) is 0 Å². The SMILES string of the molecule is COc1ccc(/C(O)=C2/C(=O)C(=O)N(Cc3ccncc3)C2c2ccccc2)c(OC)c1. The molecule has 0 spiro atoms. The van der Waals surface area contributed by atoms with Gasteiger partial charge in [0.05, 0.1) is 31.4 Å². The molecular formula is C25H22N2O5. The molecule has 0 saturated carbocycles. The number of carbonyl (C=O) groups is 2. The number of ether oxygens (including phenoxy) is 2. The molecule has 1 aliphatic heterocycles. The average molecular weight is 430 g/mol. The van der Waals surface area contributed by atoms with Crippen molar-refractivity contribution < 1.29 is 24.2 Å². The number of hydrogen-bond acceptors (Lipinski definition) is 6. The minimum atomic E-state index is -0.754. The normalized spacial score (nSPS) is 17.4. The van der Waals surface area contributed by atoms with Gasteiger partial charge < -0.3 is 19.5 Å². The molecule has 0 radical (unpaired) electrons. The van der Waals surface area contributed by atoms with E-state index in [-0.39, 0.29) is 17.9 Å². The van der Waals surface area contributed by atoms with Gasteiger partial charge in [-0.3, -0.25) is 14.6 Å². The summed E-state index contributed by atoms with van der Waals surface area (Å²) < 4.78 is 10.6. The van der Waals surface area contributed by atoms with Crippen molar-refractivity contribution in [1.29, 1.82) is 0 Å². The number of methoxy groups -OCH3 is 2. The highest BCUT2D eigenvalue weighted by molar-refractivity contribution is 6.46. The minimum Gasteiger partial charge on any atom is -0.507 e. The highest BCUT2D eigenvalue weighted by Gasteiger charge is 2.46. The Labute approximate surface area is 185 Å². The Morgan fingerprint density at radius 1 is 1.00 bits per heavy atom. The lowest BCUT2D eigenvalue weighted by Gasteiger charge is -2.25. The van der Waals surface area contributed by atoms with Crippen molar-refractivity contribution in [2.24, 2.45) is 0 Å². The standard InChI is InChI=1S/C25H22N2O5/c1-31-18-8-9-19(20(14-18)32-2)23(28)21-22(17-6-4-3-5-7-17)27(25(30)24(21)29)15-16-10-12-26-13-11-16/h3-14,22,28H,15H2,1-2H3/b23-21-. The summed E-state index contributed by atoms with van der Waals surface area (Å²) in [7, 11) is 2.98. The molecule has 4 rings (SSSR count). The first-order valence-electron chi connectivity index (χ1n) is 9.99. The lowest BCUT2D eigenvalue weighted by atomic mass is 9.95. The number of nitrogens with zero attached hydrogens (tertiary/aromatic N) is 2. The van der Waals surface area contributed by atoms with Crippen LogP contribution in [0, 0.1) is 0 Å². The quantitative estimate of drug-likeness (QED) is 0.364. The van der Waals surface area contributed by atoms with Gasteiger partial charge in [-0.1, -0.05) is 30.3 Å². The van der Waals surface area contributed by atoms with Crippen LogP contribution in [0.1, 0.15) is 22.7 Å². The molecule has 1 saturated heterocycles. The van der Waals surface area contributed by atoms with Crippen LogP contribution in [0.15, 0.2) is 78.6 Å². The molecule has 2 aromatic carbocycles. The number of rotatable bonds is 6. The molecule has 32 heavy (non-hydrogen) atoms. The molecule has 7 heteroatoms. The number of benzene rings is 2. The van der Waals surface area contributed by atoms with E-state index < -0.39 is 17.7 Å². The summed E-state index contributed by atoms with van der Waals surface area (Å²) in [5, 5.41) is 11.2. The van der Waals surface area contributed by atoms with E-state index >= 15 is 0 Å². The third-order valence-electron chi connectivity index (χ3n) is 5.42. The summed E-state index contributed by atoms with van der Waals surface area (Å²) in [6.07, 6.45) is 3.26. The van der Waals surface area contributed by atoms with E-state index in [1.54, 1.807) is 42.7 Å². The Balaban J connectivity index is 1.88. The Morgan fingerprint density at radius 2 is 1.72 bits per heavy atom. The Hall–Kier alpha value is -4.13. The van der Waals surface area contributed by atoms with Crippen LogP contribution in [0.3, 0.4) is 0 Å². The first-order chi connectivity index (χ1) is 15.5. The van der Waals surface area contributed by atoms with Gasteiger partial charge in [0.1, 0.15) is 17.3 Å². The van der Waals surface area contributed by atoms with Crippen molar-refractivity contribution in [3.05, 3.63) is 95.3 Å². The van der Waals surface area contributed by atoms with Gasteiger partial charge in [0.15, 0.2) is 0 Å². The number of aromatic nitrogens is 1. The van der Waals surface area contributed by atoms with Crippen LogP contribution in [-0.4, -0.2) is 40.9 Å². The summed E-state index contributed by atoms with van der Waals surface area (Å²) in [5.41, 5.74) is 1.86. The summed E-state index contributed by atoms with van der Waals surface area (Å²) in [6.45, 7) is 0.198. The number of aliphatic hydroxyl groups excluding tert-OH is 1. The lowest BCUT2D eigenvalue weighted by molar-refractivity contribution is -0.140. The van der Waals surface area contributed by atoms with Gasteiger partial charge in [-0.05, 0) is 35.4 Å². The third-order valence-corrected chi connectivity index (χ3v) is 5.42. The molecule has 1 aliphatic rings. The van der Waals surface area contributed by atoms with Gasteiger partial charge in [-0.2, -0.15) is 0 Å². The van der Waals surface area contributed by atoms with Crippen LogP contribution in [-0.2, 0) is 16.1 Å². The van der Waals surface area contributed by atoms with Crippen molar-refractivity contribution in [1.82, 2.24) is 9.88 Å². The summed E-state index contributed by atoms with van der Waals surface area (Å²) in [5.74, 6) is -0.855. The number of Topliss-reactive ketones (excluding diaryl/α,β-unsaturated/α-hetero) is 1. The van der Waals surface area contributed by atoms with E-state index in [1.165, 1.54) is 19.1 Å². The molecule has 3 aromatic rings. The predicted octanol–water partition coefficient (Wildman–Crippen LogP) is 3.72. The lowest BCUT2D eigenvalue weighted by Crippen LogP contribution is -2.29. The van der Waals surface area contributed by atoms with E-state index in [4.69, 9.17) is 9.47 Å². The minimum absolute atomic E-state index is 0.0127. The zero-order valence-corrected chi connectivity index (χ0v) is 17.7. The van der Waals surface area contributed by atoms with Crippen LogP contribution in [0.4, 0.5) is 0 Å². The fraction of sp³-hybridized carbons (Fsp3) is 0.160. The van der Waals surface area contributed by atoms with E-state index in [2.05, 4.69) is 4.98 Å². The maximum absolute atomic E-state index is 13.1. The second-order valence-corrected chi connectivity index (χ2v) is 7.26. The number of amides is 1. The number of pyridine rings is 1. The zero-order valence-electron chi connectivity index (χ0n) is 17.7. The first-order valence-corrected chi connectivity index (χ1v) is 9.99. The molecular weight excluding hydrogens is 408 g/mol. The molecule has 1 fully saturated rings. The Bertz CT molecular complexity index is 1180. The monoisotopic (exact) mass is 430 g/mol. The maximum Gasteiger partial charge on any atom is 0.295 e. The Kier molecular flexibility index (Phi) is 5.89. The molecule has 2 heterocycles. The molecule has 1 unspecified atom stereocenters. The van der Waals surface area contributed by atoms with Gasteiger partial charge in [-0.25, -0.2) is 0 Å². The van der Waals surface area contributed by atoms with Crippen molar-refractivity contribution in [2.45, 2.75) is 12.6 Å². The average Bonchev–Trinajstić information content (AvgIpc) is 3.09. The topological polar surface area (TPSA) is 89.0 Å². The van der Waals surface area contributed by atoms with Gasteiger partial charge in [0.25, 0.3) is 11.7 Å². The molecule has 1 N–H and O–H groups in total. The Morgan fingerprint density at radius 3 is 2.38 bits per heavy atom. The first kappa shape index (κ1) is 21.1. The predicted molar refractivity (Wildman–Crippen MR) is 118 cm³/mol. The van der Waals surface area contributed by atoms with E-state index in [1.807, 2.05) is 30.3 Å². The van der Waals surface area contributed by atoms with Crippen molar-refractivity contribution in [3.8, 4) is 11.5 Å². The molecule has 0 aliphatic carbocycles. The summed E-state index contributed by atoms with van der Waals surface area (Å²) >= 11 is 0. The number of hydrogen-bond donors (Lipinski definition) is 1. The largest absolute Gasteiger partial charge is 0.507 e. The summed E-state index contributed by atoms with van der Waals surface area (Å²) in [4.78, 5) is 31.7. The van der Waals surface area contributed by atoms with Crippen molar-refractivity contribution in [2.75, 3.05) is 14.2 Å². The molecule has 1 aromatic heterocycles. The fourth-order valence-electron chi connectivity index (χ4n) is 3.85. The second kappa shape index (κ2) is 8.93. The van der Waals surface area contributed by atoms with Crippen LogP contribution in [0.5, 0.6) is 11.5 Å². The number of likely N-dealkylation sites (tertiary alicyclic amines) is 1. The number of ketones is 1. The molecule has 0 bridgehead atoms. The van der Waals surface area contributed by atoms with Crippen molar-refractivity contribution in [3.63, 3.8) is 0 Å². The van der Waals surface area contributed by atoms with E-state index in [9.17, 15) is 14.7 Å². The van der Waals surface area contributed by atoms with Gasteiger partial charge in [-0.15, -0.1) is 0 Å². The smallest absolute Gasteiger partial charge is 0.295 e. The van der Waals surface area contributed by atoms with Crippen LogP contribution < -0.4 is 9.47 Å². The molecule has 162 valence electrons. The highest BCUT2D eigenvalue weighted by Crippen LogP contribution is 2.42. The van der Waals surface area contributed by atoms with Gasteiger partial charge >= 0.3 is 0 Å². The van der Waals surface area contributed by atoms with E-state index in [0.717, 1.165) is 11.1 Å². The maximum atomic E-state index is 13.1. The van der Waals surface area contributed by atoms with Crippen molar-refractivity contribution >= 4 is 17.4 Å². The van der Waals surface area contributed by atoms with Gasteiger partial charge in [0, 0.05) is 25.0 Å².